The summed E-state index contributed by atoms with van der Waals surface area (Å²) in [5, 5.41) is 21.5. The van der Waals surface area contributed by atoms with Gasteiger partial charge in [0.2, 0.25) is 0 Å². The highest BCUT2D eigenvalue weighted by molar-refractivity contribution is 6.46. The number of carbonyl (C=O) groups is 2. The highest BCUT2D eigenvalue weighted by atomic mass is 16.5. The van der Waals surface area contributed by atoms with Gasteiger partial charge in [0.15, 0.2) is 11.5 Å². The fourth-order valence-corrected chi connectivity index (χ4v) is 4.38. The zero-order valence-corrected chi connectivity index (χ0v) is 21.1. The van der Waals surface area contributed by atoms with Crippen molar-refractivity contribution in [3.63, 3.8) is 0 Å². The van der Waals surface area contributed by atoms with Gasteiger partial charge in [-0.05, 0) is 66.4 Å². The van der Waals surface area contributed by atoms with Crippen LogP contribution < -0.4 is 9.47 Å². The first-order valence-electron chi connectivity index (χ1n) is 12.1. The summed E-state index contributed by atoms with van der Waals surface area (Å²) >= 11 is 0. The lowest BCUT2D eigenvalue weighted by molar-refractivity contribution is -0.140. The van der Waals surface area contributed by atoms with Gasteiger partial charge < -0.3 is 24.6 Å². The van der Waals surface area contributed by atoms with Crippen molar-refractivity contribution in [2.24, 2.45) is 0 Å². The van der Waals surface area contributed by atoms with Crippen LogP contribution >= 0.6 is 0 Å². The van der Waals surface area contributed by atoms with Crippen molar-refractivity contribution in [1.82, 2.24) is 9.88 Å². The minimum absolute atomic E-state index is 0.0410. The number of likely N-dealkylation sites (tertiary alicyclic amines) is 1. The van der Waals surface area contributed by atoms with E-state index in [0.717, 1.165) is 24.0 Å². The minimum Gasteiger partial charge on any atom is -0.507 e. The number of aliphatic hydroxyl groups excluding tert-OH is 1. The molecule has 1 aromatic heterocycles. The number of aryl methyl sites for hydroxylation is 1. The van der Waals surface area contributed by atoms with Crippen LogP contribution in [0.5, 0.6) is 17.2 Å². The number of benzene rings is 2. The van der Waals surface area contributed by atoms with E-state index in [2.05, 4.69) is 11.9 Å². The van der Waals surface area contributed by atoms with E-state index >= 15 is 0 Å². The third-order valence-corrected chi connectivity index (χ3v) is 6.34. The van der Waals surface area contributed by atoms with Crippen LogP contribution in [-0.4, -0.2) is 45.5 Å². The van der Waals surface area contributed by atoms with E-state index in [9.17, 15) is 19.8 Å². The molecule has 8 heteroatoms. The summed E-state index contributed by atoms with van der Waals surface area (Å²) in [4.78, 5) is 32.1. The second-order valence-electron chi connectivity index (χ2n) is 8.90. The summed E-state index contributed by atoms with van der Waals surface area (Å²) in [6.07, 6.45) is 5.18. The second-order valence-corrected chi connectivity index (χ2v) is 8.90. The van der Waals surface area contributed by atoms with Crippen molar-refractivity contribution >= 4 is 17.4 Å². The number of aromatic hydroxyl groups is 1. The van der Waals surface area contributed by atoms with E-state index in [0.29, 0.717) is 23.5 Å². The number of hydrogen-bond donors (Lipinski definition) is 2. The first-order valence-corrected chi connectivity index (χ1v) is 12.1. The van der Waals surface area contributed by atoms with Gasteiger partial charge in [0, 0.05) is 24.5 Å². The number of unbranched alkanes of at least 4 members (excludes halogenated alkanes) is 1. The van der Waals surface area contributed by atoms with Gasteiger partial charge >= 0.3 is 0 Å². The Labute approximate surface area is 215 Å². The molecule has 0 unspecified atom stereocenters. The number of methoxy groups -OCH3 is 1. The van der Waals surface area contributed by atoms with Crippen LogP contribution in [0.1, 0.15) is 48.1 Å². The first kappa shape index (κ1) is 25.8. The topological polar surface area (TPSA) is 109 Å². The van der Waals surface area contributed by atoms with Crippen LogP contribution in [-0.2, 0) is 16.1 Å². The fourth-order valence-electron chi connectivity index (χ4n) is 4.38. The van der Waals surface area contributed by atoms with Crippen LogP contribution in [0.25, 0.3) is 5.76 Å². The van der Waals surface area contributed by atoms with E-state index < -0.39 is 17.7 Å². The van der Waals surface area contributed by atoms with Crippen molar-refractivity contribution in [3.8, 4) is 17.2 Å². The number of hydrogen-bond acceptors (Lipinski definition) is 7. The Bertz CT molecular complexity index is 1340. The summed E-state index contributed by atoms with van der Waals surface area (Å²) in [6, 6.07) is 12.4. The zero-order chi connectivity index (χ0) is 26.5. The molecule has 0 aliphatic carbocycles. The molecule has 3 aromatic rings. The number of Topliss-reactive ketones (excluding diaryl/α,β-unsaturated/α-hetero) is 1. The van der Waals surface area contributed by atoms with E-state index in [-0.39, 0.29) is 29.4 Å². The molecule has 0 bridgehead atoms. The minimum atomic E-state index is -0.907. The summed E-state index contributed by atoms with van der Waals surface area (Å²) < 4.78 is 11.1. The Balaban J connectivity index is 1.81. The van der Waals surface area contributed by atoms with Crippen molar-refractivity contribution in [1.29, 1.82) is 0 Å². The van der Waals surface area contributed by atoms with Crippen molar-refractivity contribution in [3.05, 3.63) is 88.8 Å². The molecule has 4 rings (SSSR count). The average molecular weight is 503 g/mol. The summed E-state index contributed by atoms with van der Waals surface area (Å²) in [5.74, 6) is -1.01. The molecule has 0 saturated carbocycles. The van der Waals surface area contributed by atoms with Crippen LogP contribution in [0, 0.1) is 6.92 Å². The lowest BCUT2D eigenvalue weighted by Gasteiger charge is -2.26. The van der Waals surface area contributed by atoms with Gasteiger partial charge in [0.25, 0.3) is 11.7 Å². The SMILES string of the molecule is CCCCOc1ccc(C(O)=C2C(=O)C(=O)N(Cc3cccnc3)[C@H]2c2ccc(O)c(OC)c2)cc1C. The number of rotatable bonds is 9. The van der Waals surface area contributed by atoms with Crippen molar-refractivity contribution in [2.45, 2.75) is 39.3 Å². The number of phenols is 1. The first-order chi connectivity index (χ1) is 17.8. The number of nitrogens with zero attached hydrogens (tertiary/aromatic N) is 2. The standard InChI is InChI=1S/C29H30N2O6/c1-4-5-13-37-23-11-9-21(14-18(23)2)27(33)25-26(20-8-10-22(32)24(15-20)36-3)31(29(35)28(25)34)17-19-7-6-12-30-16-19/h6-12,14-16,26,32-33H,4-5,13,17H2,1-3H3/t26-/m0/s1. The molecule has 0 radical (unpaired) electrons. The number of aliphatic hydroxyl groups is 1. The van der Waals surface area contributed by atoms with E-state index in [1.807, 2.05) is 6.92 Å². The molecular formula is C29H30N2O6. The number of aromatic nitrogens is 1. The summed E-state index contributed by atoms with van der Waals surface area (Å²) in [5.41, 5.74) is 2.39. The van der Waals surface area contributed by atoms with E-state index in [1.54, 1.807) is 54.9 Å². The van der Waals surface area contributed by atoms with Gasteiger partial charge in [0.1, 0.15) is 11.5 Å². The number of amides is 1. The molecule has 1 fully saturated rings. The highest BCUT2D eigenvalue weighted by Gasteiger charge is 2.46. The maximum Gasteiger partial charge on any atom is 0.295 e. The van der Waals surface area contributed by atoms with Gasteiger partial charge in [-0.1, -0.05) is 25.5 Å². The molecule has 1 aliphatic heterocycles. The van der Waals surface area contributed by atoms with Gasteiger partial charge in [0.05, 0.1) is 25.3 Å². The Morgan fingerprint density at radius 1 is 1.11 bits per heavy atom. The lowest BCUT2D eigenvalue weighted by Crippen LogP contribution is -2.29. The Hall–Kier alpha value is -4.33. The van der Waals surface area contributed by atoms with E-state index in [4.69, 9.17) is 9.47 Å². The van der Waals surface area contributed by atoms with Crippen LogP contribution in [0.15, 0.2) is 66.5 Å². The van der Waals surface area contributed by atoms with Gasteiger partial charge in [-0.25, -0.2) is 0 Å². The molecular weight excluding hydrogens is 472 g/mol. The predicted octanol–water partition coefficient (Wildman–Crippen LogP) is 4.91. The molecule has 37 heavy (non-hydrogen) atoms. The van der Waals surface area contributed by atoms with Crippen LogP contribution in [0.2, 0.25) is 0 Å². The molecule has 1 aliphatic rings. The zero-order valence-electron chi connectivity index (χ0n) is 21.1. The number of ketones is 1. The summed E-state index contributed by atoms with van der Waals surface area (Å²) in [6.45, 7) is 4.64. The third kappa shape index (κ3) is 5.28. The number of ether oxygens (including phenoxy) is 2. The van der Waals surface area contributed by atoms with Gasteiger partial charge in [-0.2, -0.15) is 0 Å². The number of pyridine rings is 1. The molecule has 1 atom stereocenters. The maximum atomic E-state index is 13.3. The maximum absolute atomic E-state index is 13.3. The fraction of sp³-hybridized carbons (Fsp3) is 0.276. The summed E-state index contributed by atoms with van der Waals surface area (Å²) in [7, 11) is 1.42. The lowest BCUT2D eigenvalue weighted by atomic mass is 9.94. The quantitative estimate of drug-likeness (QED) is 0.185. The molecule has 1 saturated heterocycles. The molecule has 0 spiro atoms. The van der Waals surface area contributed by atoms with Gasteiger partial charge in [-0.3, -0.25) is 14.6 Å². The highest BCUT2D eigenvalue weighted by Crippen LogP contribution is 2.42. The Morgan fingerprint density at radius 3 is 2.59 bits per heavy atom. The average Bonchev–Trinajstić information content (AvgIpc) is 3.15. The Morgan fingerprint density at radius 2 is 1.92 bits per heavy atom. The molecule has 192 valence electrons. The van der Waals surface area contributed by atoms with Crippen molar-refractivity contribution in [2.75, 3.05) is 13.7 Å². The number of carbonyl (C=O) groups excluding carboxylic acids is 2. The molecule has 2 N–H and O–H groups in total. The molecule has 1 amide bonds. The normalized spacial score (nSPS) is 16.7. The number of phenolic OH excluding ortho intramolecular Hbond substituents is 1. The molecule has 2 heterocycles. The van der Waals surface area contributed by atoms with Gasteiger partial charge in [-0.15, -0.1) is 0 Å². The van der Waals surface area contributed by atoms with Crippen molar-refractivity contribution < 1.29 is 29.3 Å². The predicted molar refractivity (Wildman–Crippen MR) is 138 cm³/mol. The Kier molecular flexibility index (Phi) is 7.77. The van der Waals surface area contributed by atoms with E-state index in [1.165, 1.54) is 18.1 Å². The van der Waals surface area contributed by atoms with Crippen LogP contribution in [0.4, 0.5) is 0 Å². The molecule has 2 aromatic carbocycles. The monoisotopic (exact) mass is 502 g/mol. The molecule has 8 nitrogen and oxygen atoms in total. The smallest absolute Gasteiger partial charge is 0.295 e. The van der Waals surface area contributed by atoms with Crippen LogP contribution in [0.3, 0.4) is 0 Å². The third-order valence-electron chi connectivity index (χ3n) is 6.34. The largest absolute Gasteiger partial charge is 0.507 e. The second kappa shape index (κ2) is 11.2.